The first kappa shape index (κ1) is 15.9. The van der Waals surface area contributed by atoms with Gasteiger partial charge in [0.2, 0.25) is 0 Å². The van der Waals surface area contributed by atoms with Crippen LogP contribution in [0.4, 0.5) is 0 Å². The number of hydrogen-bond donors (Lipinski definition) is 0. The van der Waals surface area contributed by atoms with Gasteiger partial charge < -0.3 is 4.74 Å². The zero-order chi connectivity index (χ0) is 15.4. The standard InChI is InChI=1S/C15H16Cl2N2O2/c1-3-12-15(17)13(19(4-2)18-12)9-21-14-6-5-11(16)7-10(14)8-20/h5-8H,3-4,9H2,1-2H3. The van der Waals surface area contributed by atoms with Crippen LogP contribution >= 0.6 is 23.2 Å². The maximum Gasteiger partial charge on any atom is 0.153 e. The molecule has 0 unspecified atom stereocenters. The summed E-state index contributed by atoms with van der Waals surface area (Å²) in [5.41, 5.74) is 2.07. The van der Waals surface area contributed by atoms with Gasteiger partial charge in [-0.25, -0.2) is 0 Å². The third-order valence-electron chi connectivity index (χ3n) is 3.16. The zero-order valence-corrected chi connectivity index (χ0v) is 13.4. The highest BCUT2D eigenvalue weighted by molar-refractivity contribution is 6.32. The molecule has 1 heterocycles. The number of halogens is 2. The summed E-state index contributed by atoms with van der Waals surface area (Å²) in [6.45, 7) is 4.95. The van der Waals surface area contributed by atoms with Gasteiger partial charge in [0.15, 0.2) is 6.29 Å². The van der Waals surface area contributed by atoms with Crippen LogP contribution in [0.3, 0.4) is 0 Å². The number of aromatic nitrogens is 2. The van der Waals surface area contributed by atoms with Gasteiger partial charge in [-0.3, -0.25) is 9.48 Å². The third-order valence-corrected chi connectivity index (χ3v) is 3.83. The SMILES string of the molecule is CCc1nn(CC)c(COc2ccc(Cl)cc2C=O)c1Cl. The molecule has 1 aromatic heterocycles. The van der Waals surface area contributed by atoms with Gasteiger partial charge in [-0.05, 0) is 31.5 Å². The van der Waals surface area contributed by atoms with Crippen LogP contribution in [0.2, 0.25) is 10.0 Å². The van der Waals surface area contributed by atoms with Crippen molar-refractivity contribution in [1.82, 2.24) is 9.78 Å². The normalized spacial score (nSPS) is 10.7. The monoisotopic (exact) mass is 326 g/mol. The minimum Gasteiger partial charge on any atom is -0.487 e. The second-order valence-corrected chi connectivity index (χ2v) is 5.28. The van der Waals surface area contributed by atoms with E-state index >= 15 is 0 Å². The number of rotatable bonds is 6. The highest BCUT2D eigenvalue weighted by atomic mass is 35.5. The number of benzene rings is 1. The lowest BCUT2D eigenvalue weighted by Gasteiger charge is -2.10. The fourth-order valence-corrected chi connectivity index (χ4v) is 2.55. The van der Waals surface area contributed by atoms with Crippen molar-refractivity contribution >= 4 is 29.5 Å². The number of ether oxygens (including phenoxy) is 1. The first-order valence-electron chi connectivity index (χ1n) is 6.72. The fraction of sp³-hybridized carbons (Fsp3) is 0.333. The second kappa shape index (κ2) is 6.96. The fourth-order valence-electron chi connectivity index (χ4n) is 2.04. The Balaban J connectivity index is 2.24. The van der Waals surface area contributed by atoms with E-state index in [-0.39, 0.29) is 6.61 Å². The van der Waals surface area contributed by atoms with Gasteiger partial charge in [0.05, 0.1) is 22.0 Å². The summed E-state index contributed by atoms with van der Waals surface area (Å²) in [7, 11) is 0. The lowest BCUT2D eigenvalue weighted by Crippen LogP contribution is -2.07. The van der Waals surface area contributed by atoms with E-state index in [0.717, 1.165) is 24.1 Å². The molecule has 0 aliphatic carbocycles. The molecule has 6 heteroatoms. The summed E-state index contributed by atoms with van der Waals surface area (Å²) in [5.74, 6) is 0.479. The van der Waals surface area contributed by atoms with E-state index in [2.05, 4.69) is 5.10 Å². The van der Waals surface area contributed by atoms with Crippen LogP contribution in [0, 0.1) is 0 Å². The van der Waals surface area contributed by atoms with Crippen LogP contribution in [0.1, 0.15) is 35.6 Å². The number of aryl methyl sites for hydroxylation is 2. The van der Waals surface area contributed by atoms with Crippen molar-refractivity contribution in [3.05, 3.63) is 45.2 Å². The summed E-state index contributed by atoms with van der Waals surface area (Å²) in [5, 5.41) is 5.55. The lowest BCUT2D eigenvalue weighted by molar-refractivity contribution is 0.111. The molecule has 112 valence electrons. The lowest BCUT2D eigenvalue weighted by atomic mass is 10.2. The molecule has 1 aromatic carbocycles. The molecule has 21 heavy (non-hydrogen) atoms. The number of carbonyl (C=O) groups is 1. The van der Waals surface area contributed by atoms with Crippen LogP contribution < -0.4 is 4.74 Å². The van der Waals surface area contributed by atoms with Gasteiger partial charge in [0, 0.05) is 11.6 Å². The molecule has 4 nitrogen and oxygen atoms in total. The smallest absolute Gasteiger partial charge is 0.153 e. The van der Waals surface area contributed by atoms with E-state index < -0.39 is 0 Å². The van der Waals surface area contributed by atoms with E-state index in [9.17, 15) is 4.79 Å². The molecular formula is C15H16Cl2N2O2. The highest BCUT2D eigenvalue weighted by Gasteiger charge is 2.15. The molecular weight excluding hydrogens is 311 g/mol. The molecule has 0 atom stereocenters. The largest absolute Gasteiger partial charge is 0.487 e. The number of aldehydes is 1. The molecule has 0 bridgehead atoms. The Morgan fingerprint density at radius 2 is 2.10 bits per heavy atom. The summed E-state index contributed by atoms with van der Waals surface area (Å²) < 4.78 is 7.53. The van der Waals surface area contributed by atoms with Gasteiger partial charge in [0.1, 0.15) is 12.4 Å². The van der Waals surface area contributed by atoms with E-state index in [1.165, 1.54) is 0 Å². The summed E-state index contributed by atoms with van der Waals surface area (Å²) >= 11 is 12.2. The van der Waals surface area contributed by atoms with Crippen molar-refractivity contribution in [2.75, 3.05) is 0 Å². The third kappa shape index (κ3) is 3.39. The molecule has 0 amide bonds. The molecule has 0 N–H and O–H groups in total. The van der Waals surface area contributed by atoms with Gasteiger partial charge in [0.25, 0.3) is 0 Å². The molecule has 0 saturated carbocycles. The van der Waals surface area contributed by atoms with Crippen molar-refractivity contribution < 1.29 is 9.53 Å². The Labute approximate surface area is 133 Å². The van der Waals surface area contributed by atoms with Crippen LogP contribution in [0.5, 0.6) is 5.75 Å². The van der Waals surface area contributed by atoms with Crippen molar-refractivity contribution in [3.63, 3.8) is 0 Å². The first-order valence-corrected chi connectivity index (χ1v) is 7.47. The average Bonchev–Trinajstić information content (AvgIpc) is 2.81. The Kier molecular flexibility index (Phi) is 5.26. The summed E-state index contributed by atoms with van der Waals surface area (Å²) in [6, 6.07) is 4.92. The molecule has 0 spiro atoms. The molecule has 0 aliphatic heterocycles. The minimum atomic E-state index is 0.252. The highest BCUT2D eigenvalue weighted by Crippen LogP contribution is 2.26. The molecule has 2 rings (SSSR count). The topological polar surface area (TPSA) is 44.1 Å². The van der Waals surface area contributed by atoms with E-state index in [1.807, 2.05) is 18.5 Å². The van der Waals surface area contributed by atoms with Crippen LogP contribution in [0.15, 0.2) is 18.2 Å². The van der Waals surface area contributed by atoms with Crippen LogP contribution in [0.25, 0.3) is 0 Å². The van der Waals surface area contributed by atoms with Crippen molar-refractivity contribution in [3.8, 4) is 5.75 Å². The Hall–Kier alpha value is -1.52. The maximum atomic E-state index is 11.0. The Bertz CT molecular complexity index is 653. The van der Waals surface area contributed by atoms with Gasteiger partial charge in [-0.15, -0.1) is 0 Å². The molecule has 0 saturated heterocycles. The van der Waals surface area contributed by atoms with E-state index in [4.69, 9.17) is 27.9 Å². The van der Waals surface area contributed by atoms with Crippen LogP contribution in [-0.2, 0) is 19.6 Å². The number of hydrogen-bond acceptors (Lipinski definition) is 3. The average molecular weight is 327 g/mol. The predicted octanol–water partition coefficient (Wildman–Crippen LogP) is 4.16. The number of nitrogens with zero attached hydrogens (tertiary/aromatic N) is 2. The van der Waals surface area contributed by atoms with E-state index in [1.54, 1.807) is 18.2 Å². The predicted molar refractivity (Wildman–Crippen MR) is 83.5 cm³/mol. The van der Waals surface area contributed by atoms with Gasteiger partial charge >= 0.3 is 0 Å². The van der Waals surface area contributed by atoms with E-state index in [0.29, 0.717) is 27.9 Å². The Morgan fingerprint density at radius 3 is 2.71 bits per heavy atom. The van der Waals surface area contributed by atoms with Crippen LogP contribution in [-0.4, -0.2) is 16.1 Å². The van der Waals surface area contributed by atoms with Gasteiger partial charge in [-0.1, -0.05) is 30.1 Å². The quantitative estimate of drug-likeness (QED) is 0.748. The minimum absolute atomic E-state index is 0.252. The van der Waals surface area contributed by atoms with Crippen molar-refractivity contribution in [2.24, 2.45) is 0 Å². The summed E-state index contributed by atoms with van der Waals surface area (Å²) in [6.07, 6.45) is 1.48. The van der Waals surface area contributed by atoms with Gasteiger partial charge in [-0.2, -0.15) is 5.10 Å². The zero-order valence-electron chi connectivity index (χ0n) is 11.9. The first-order chi connectivity index (χ1) is 10.1. The summed E-state index contributed by atoms with van der Waals surface area (Å²) in [4.78, 5) is 11.0. The van der Waals surface area contributed by atoms with Crippen molar-refractivity contribution in [1.29, 1.82) is 0 Å². The molecule has 2 aromatic rings. The number of carbonyl (C=O) groups excluding carboxylic acids is 1. The Morgan fingerprint density at radius 1 is 1.33 bits per heavy atom. The van der Waals surface area contributed by atoms with Crippen molar-refractivity contribution in [2.45, 2.75) is 33.4 Å². The second-order valence-electron chi connectivity index (χ2n) is 4.47. The molecule has 0 aliphatic rings. The molecule has 0 radical (unpaired) electrons. The molecule has 0 fully saturated rings. The maximum absolute atomic E-state index is 11.0.